The summed E-state index contributed by atoms with van der Waals surface area (Å²) in [6.07, 6.45) is 4.26. The lowest BCUT2D eigenvalue weighted by atomic mass is 10.1. The molecule has 0 aromatic rings. The van der Waals surface area contributed by atoms with E-state index in [4.69, 9.17) is 19.0 Å². The number of unbranched alkanes of at least 4 members (excludes halogenated alkanes) is 1. The van der Waals surface area contributed by atoms with Crippen LogP contribution >= 0.6 is 0 Å². The van der Waals surface area contributed by atoms with E-state index >= 15 is 0 Å². The van der Waals surface area contributed by atoms with Gasteiger partial charge in [0.1, 0.15) is 0 Å². The van der Waals surface area contributed by atoms with Crippen LogP contribution in [-0.4, -0.2) is 34.7 Å². The zero-order valence-corrected chi connectivity index (χ0v) is 13.5. The lowest BCUT2D eigenvalue weighted by Crippen LogP contribution is -2.45. The Labute approximate surface area is 114 Å². The summed E-state index contributed by atoms with van der Waals surface area (Å²) in [5.74, 6) is 0. The number of hydrogen-bond donors (Lipinski definition) is 1. The largest absolute Gasteiger partial charge is 0.500 e. The molecule has 110 valence electrons. The average molecular weight is 277 g/mol. The van der Waals surface area contributed by atoms with E-state index < -0.39 is 8.80 Å². The van der Waals surface area contributed by atoms with Crippen molar-refractivity contribution in [2.45, 2.75) is 65.5 Å². The first-order chi connectivity index (χ1) is 8.64. The lowest BCUT2D eigenvalue weighted by molar-refractivity contribution is 0.0668. The summed E-state index contributed by atoms with van der Waals surface area (Å²) in [6, 6.07) is 1.17. The van der Waals surface area contributed by atoms with Gasteiger partial charge in [-0.3, -0.25) is 0 Å². The third-order valence-corrected chi connectivity index (χ3v) is 5.94. The van der Waals surface area contributed by atoms with E-state index in [2.05, 4.69) is 13.8 Å². The molecule has 0 radical (unpaired) electrons. The quantitative estimate of drug-likeness (QED) is 0.440. The standard InChI is InChI=1S/C13H31NO3Si/c1-5-13(14)11-9-10-12-17-18(8-4,15-6-2)16-7-3/h13H,5-12,14H2,1-4H3. The molecule has 0 aromatic heterocycles. The van der Waals surface area contributed by atoms with Gasteiger partial charge >= 0.3 is 8.80 Å². The maximum atomic E-state index is 5.93. The predicted octanol–water partition coefficient (Wildman–Crippen LogP) is 2.94. The first-order valence-electron chi connectivity index (χ1n) is 7.31. The molecule has 18 heavy (non-hydrogen) atoms. The molecule has 0 saturated heterocycles. The van der Waals surface area contributed by atoms with Crippen molar-refractivity contribution in [3.05, 3.63) is 0 Å². The summed E-state index contributed by atoms with van der Waals surface area (Å²) in [6.45, 7) is 10.2. The van der Waals surface area contributed by atoms with Gasteiger partial charge in [0, 0.05) is 31.9 Å². The van der Waals surface area contributed by atoms with E-state index in [0.29, 0.717) is 19.3 Å². The normalized spacial score (nSPS) is 13.8. The van der Waals surface area contributed by atoms with E-state index in [1.165, 1.54) is 0 Å². The van der Waals surface area contributed by atoms with Crippen molar-refractivity contribution in [2.75, 3.05) is 19.8 Å². The Hall–Kier alpha value is 0.0569. The Balaban J connectivity index is 3.88. The molecule has 0 heterocycles. The highest BCUT2D eigenvalue weighted by Gasteiger charge is 2.38. The minimum absolute atomic E-state index is 0.331. The monoisotopic (exact) mass is 277 g/mol. The zero-order chi connectivity index (χ0) is 13.9. The second-order valence-electron chi connectivity index (χ2n) is 4.42. The van der Waals surface area contributed by atoms with Crippen LogP contribution in [0.2, 0.25) is 6.04 Å². The third-order valence-electron chi connectivity index (χ3n) is 2.98. The van der Waals surface area contributed by atoms with Gasteiger partial charge in [-0.25, -0.2) is 0 Å². The van der Waals surface area contributed by atoms with Crippen molar-refractivity contribution < 1.29 is 13.3 Å². The SMILES string of the molecule is CCO[Si](CC)(OCC)OCCCCC(N)CC. The van der Waals surface area contributed by atoms with Crippen molar-refractivity contribution in [3.8, 4) is 0 Å². The first-order valence-corrected chi connectivity index (χ1v) is 9.24. The van der Waals surface area contributed by atoms with Crippen LogP contribution in [0.4, 0.5) is 0 Å². The van der Waals surface area contributed by atoms with Crippen LogP contribution in [0.3, 0.4) is 0 Å². The zero-order valence-electron chi connectivity index (χ0n) is 12.5. The molecule has 0 amide bonds. The van der Waals surface area contributed by atoms with Crippen LogP contribution in [0.25, 0.3) is 0 Å². The topological polar surface area (TPSA) is 53.7 Å². The van der Waals surface area contributed by atoms with Crippen molar-refractivity contribution in [2.24, 2.45) is 5.73 Å². The summed E-state index contributed by atoms with van der Waals surface area (Å²) >= 11 is 0. The molecule has 0 aromatic carbocycles. The van der Waals surface area contributed by atoms with Crippen LogP contribution in [0.5, 0.6) is 0 Å². The van der Waals surface area contributed by atoms with Crippen molar-refractivity contribution in [1.29, 1.82) is 0 Å². The number of rotatable bonds is 12. The Morgan fingerprint density at radius 1 is 0.944 bits per heavy atom. The van der Waals surface area contributed by atoms with Gasteiger partial charge in [0.25, 0.3) is 0 Å². The molecule has 0 aliphatic carbocycles. The molecule has 0 rings (SSSR count). The van der Waals surface area contributed by atoms with Gasteiger partial charge in [-0.2, -0.15) is 0 Å². The van der Waals surface area contributed by atoms with E-state index in [-0.39, 0.29) is 0 Å². The van der Waals surface area contributed by atoms with E-state index in [1.54, 1.807) is 0 Å². The molecule has 2 N–H and O–H groups in total. The number of nitrogens with two attached hydrogens (primary N) is 1. The van der Waals surface area contributed by atoms with Gasteiger partial charge in [0.15, 0.2) is 0 Å². The molecule has 0 aliphatic heterocycles. The highest BCUT2D eigenvalue weighted by molar-refractivity contribution is 6.60. The summed E-state index contributed by atoms with van der Waals surface area (Å²) in [5.41, 5.74) is 5.88. The molecule has 0 bridgehead atoms. The van der Waals surface area contributed by atoms with Gasteiger partial charge in [-0.1, -0.05) is 13.8 Å². The molecule has 1 atom stereocenters. The Bertz CT molecular complexity index is 187. The van der Waals surface area contributed by atoms with Crippen LogP contribution in [0, 0.1) is 0 Å². The van der Waals surface area contributed by atoms with E-state index in [1.807, 2.05) is 13.8 Å². The summed E-state index contributed by atoms with van der Waals surface area (Å²) < 4.78 is 17.4. The maximum Gasteiger partial charge on any atom is 0.500 e. The highest BCUT2D eigenvalue weighted by atomic mass is 28.4. The van der Waals surface area contributed by atoms with E-state index in [9.17, 15) is 0 Å². The Kier molecular flexibility index (Phi) is 11.0. The van der Waals surface area contributed by atoms with Crippen LogP contribution < -0.4 is 5.73 Å². The van der Waals surface area contributed by atoms with E-state index in [0.717, 1.165) is 38.3 Å². The van der Waals surface area contributed by atoms with Gasteiger partial charge < -0.3 is 19.0 Å². The first kappa shape index (κ1) is 18.1. The minimum atomic E-state index is -2.39. The molecule has 4 nitrogen and oxygen atoms in total. The maximum absolute atomic E-state index is 5.93. The Morgan fingerprint density at radius 3 is 2.00 bits per heavy atom. The average Bonchev–Trinajstić information content (AvgIpc) is 2.38. The smallest absolute Gasteiger partial charge is 0.374 e. The van der Waals surface area contributed by atoms with Gasteiger partial charge in [-0.15, -0.1) is 0 Å². The van der Waals surface area contributed by atoms with Crippen LogP contribution in [0.15, 0.2) is 0 Å². The second-order valence-corrected chi connectivity index (χ2v) is 7.35. The molecule has 0 aliphatic rings. The third kappa shape index (κ3) is 7.48. The lowest BCUT2D eigenvalue weighted by Gasteiger charge is -2.27. The summed E-state index contributed by atoms with van der Waals surface area (Å²) in [4.78, 5) is 0. The highest BCUT2D eigenvalue weighted by Crippen LogP contribution is 2.16. The fourth-order valence-electron chi connectivity index (χ4n) is 1.81. The van der Waals surface area contributed by atoms with Gasteiger partial charge in [0.05, 0.1) is 0 Å². The molecule has 1 unspecified atom stereocenters. The fraction of sp³-hybridized carbons (Fsp3) is 1.00. The molecular weight excluding hydrogens is 246 g/mol. The van der Waals surface area contributed by atoms with Crippen molar-refractivity contribution in [1.82, 2.24) is 0 Å². The van der Waals surface area contributed by atoms with Crippen LogP contribution in [-0.2, 0) is 13.3 Å². The molecule has 5 heteroatoms. The van der Waals surface area contributed by atoms with Crippen molar-refractivity contribution in [3.63, 3.8) is 0 Å². The molecular formula is C13H31NO3Si. The predicted molar refractivity (Wildman–Crippen MR) is 77.6 cm³/mol. The minimum Gasteiger partial charge on any atom is -0.374 e. The molecule has 0 spiro atoms. The molecule has 0 fully saturated rings. The van der Waals surface area contributed by atoms with Gasteiger partial charge in [0.2, 0.25) is 0 Å². The van der Waals surface area contributed by atoms with Gasteiger partial charge in [-0.05, 0) is 39.5 Å². The Morgan fingerprint density at radius 2 is 1.56 bits per heavy atom. The van der Waals surface area contributed by atoms with Crippen LogP contribution in [0.1, 0.15) is 53.4 Å². The number of hydrogen-bond acceptors (Lipinski definition) is 4. The fourth-order valence-corrected chi connectivity index (χ4v) is 4.01. The summed E-state index contributed by atoms with van der Waals surface area (Å²) in [5, 5.41) is 0. The van der Waals surface area contributed by atoms with Crippen molar-refractivity contribution >= 4 is 8.80 Å². The second kappa shape index (κ2) is 10.9. The summed E-state index contributed by atoms with van der Waals surface area (Å²) in [7, 11) is -2.39. The molecule has 0 saturated carbocycles.